The maximum atomic E-state index is 12.2. The lowest BCUT2D eigenvalue weighted by Gasteiger charge is -2.19. The maximum Gasteiger partial charge on any atom is 0.228 e. The molecule has 1 N–H and O–H groups in total. The lowest BCUT2D eigenvalue weighted by Crippen LogP contribution is -2.32. The van der Waals surface area contributed by atoms with E-state index in [1.165, 1.54) is 0 Å². The molecule has 1 unspecified atom stereocenters. The molecule has 3 heterocycles. The highest BCUT2D eigenvalue weighted by Gasteiger charge is 2.29. The maximum absolute atomic E-state index is 12.2. The molecule has 1 atom stereocenters. The first-order valence-electron chi connectivity index (χ1n) is 8.21. The van der Waals surface area contributed by atoms with Crippen molar-refractivity contribution in [2.24, 2.45) is 5.92 Å². The Kier molecular flexibility index (Phi) is 4.69. The summed E-state index contributed by atoms with van der Waals surface area (Å²) >= 11 is 0. The normalized spacial score (nSPS) is 17.3. The molecule has 7 nitrogen and oxygen atoms in total. The van der Waals surface area contributed by atoms with Crippen LogP contribution in [0.25, 0.3) is 0 Å². The van der Waals surface area contributed by atoms with Gasteiger partial charge in [-0.2, -0.15) is 0 Å². The van der Waals surface area contributed by atoms with E-state index in [4.69, 9.17) is 0 Å². The number of amides is 1. The fourth-order valence-electron chi connectivity index (χ4n) is 2.91. The monoisotopic (exact) mass is 326 g/mol. The third kappa shape index (κ3) is 3.67. The second kappa shape index (κ2) is 6.90. The van der Waals surface area contributed by atoms with Gasteiger partial charge >= 0.3 is 0 Å². The van der Waals surface area contributed by atoms with Crippen LogP contribution in [0.2, 0.25) is 0 Å². The van der Waals surface area contributed by atoms with E-state index < -0.39 is 0 Å². The Morgan fingerprint density at radius 1 is 1.29 bits per heavy atom. The van der Waals surface area contributed by atoms with Gasteiger partial charge in [0.2, 0.25) is 11.9 Å². The minimum atomic E-state index is 0.0309. The van der Waals surface area contributed by atoms with Gasteiger partial charge in [-0.25, -0.2) is 19.9 Å². The fraction of sp³-hybridized carbons (Fsp3) is 0.471. The molecule has 0 aromatic carbocycles. The molecule has 1 aliphatic rings. The molecule has 0 saturated carbocycles. The van der Waals surface area contributed by atoms with Gasteiger partial charge in [0.1, 0.15) is 11.6 Å². The Labute approximate surface area is 141 Å². The number of carbonyl (C=O) groups is 1. The average Bonchev–Trinajstić information content (AvgIpc) is 3.04. The van der Waals surface area contributed by atoms with Crippen LogP contribution in [-0.4, -0.2) is 43.8 Å². The Morgan fingerprint density at radius 2 is 2.04 bits per heavy atom. The standard InChI is InChI=1S/C17H22N6O/c1-11(2)16(24)23-8-5-13(10-23)14-9-15(21-12(3)20-14)22-17-18-6-4-7-19-17/h4,6-7,9,11,13H,5,8,10H2,1-3H3,(H,18,19,20,21,22). The third-order valence-corrected chi connectivity index (χ3v) is 4.08. The summed E-state index contributed by atoms with van der Waals surface area (Å²) in [6, 6.07) is 3.69. The molecule has 126 valence electrons. The number of carbonyl (C=O) groups excluding carboxylic acids is 1. The van der Waals surface area contributed by atoms with Crippen LogP contribution >= 0.6 is 0 Å². The molecule has 1 fully saturated rings. The molecule has 1 aliphatic heterocycles. The van der Waals surface area contributed by atoms with Crippen molar-refractivity contribution < 1.29 is 4.79 Å². The molecule has 3 rings (SSSR count). The lowest BCUT2D eigenvalue weighted by atomic mass is 10.0. The molecule has 2 aromatic heterocycles. The minimum absolute atomic E-state index is 0.0309. The van der Waals surface area contributed by atoms with Crippen molar-refractivity contribution in [3.05, 3.63) is 36.0 Å². The molecular weight excluding hydrogens is 304 g/mol. The summed E-state index contributed by atoms with van der Waals surface area (Å²) in [6.07, 6.45) is 4.28. The Morgan fingerprint density at radius 3 is 2.75 bits per heavy atom. The van der Waals surface area contributed by atoms with Gasteiger partial charge in [-0.15, -0.1) is 0 Å². The Hall–Kier alpha value is -2.57. The number of hydrogen-bond acceptors (Lipinski definition) is 6. The van der Waals surface area contributed by atoms with E-state index >= 15 is 0 Å². The molecule has 0 aliphatic carbocycles. The number of aromatic nitrogens is 4. The van der Waals surface area contributed by atoms with E-state index in [2.05, 4.69) is 25.3 Å². The first-order chi connectivity index (χ1) is 11.5. The van der Waals surface area contributed by atoms with E-state index in [1.807, 2.05) is 31.7 Å². The third-order valence-electron chi connectivity index (χ3n) is 4.08. The Bertz CT molecular complexity index is 718. The van der Waals surface area contributed by atoms with Crippen LogP contribution in [-0.2, 0) is 4.79 Å². The predicted molar refractivity (Wildman–Crippen MR) is 90.9 cm³/mol. The van der Waals surface area contributed by atoms with Gasteiger partial charge in [-0.1, -0.05) is 13.8 Å². The lowest BCUT2D eigenvalue weighted by molar-refractivity contribution is -0.133. The van der Waals surface area contributed by atoms with E-state index in [1.54, 1.807) is 18.5 Å². The zero-order valence-corrected chi connectivity index (χ0v) is 14.2. The van der Waals surface area contributed by atoms with Crippen molar-refractivity contribution in [3.8, 4) is 0 Å². The molecule has 1 amide bonds. The first kappa shape index (κ1) is 16.3. The summed E-state index contributed by atoms with van der Waals surface area (Å²) in [5, 5.41) is 3.11. The highest BCUT2D eigenvalue weighted by atomic mass is 16.2. The number of anilines is 2. The van der Waals surface area contributed by atoms with E-state index in [9.17, 15) is 4.79 Å². The summed E-state index contributed by atoms with van der Waals surface area (Å²) in [5.41, 5.74) is 0.958. The van der Waals surface area contributed by atoms with E-state index in [0.717, 1.165) is 25.2 Å². The summed E-state index contributed by atoms with van der Waals surface area (Å²) in [7, 11) is 0. The van der Waals surface area contributed by atoms with Crippen LogP contribution in [0.5, 0.6) is 0 Å². The molecule has 0 bridgehead atoms. The van der Waals surface area contributed by atoms with Crippen LogP contribution in [0.3, 0.4) is 0 Å². The van der Waals surface area contributed by atoms with Gasteiger partial charge in [0.25, 0.3) is 0 Å². The van der Waals surface area contributed by atoms with Crippen molar-refractivity contribution in [1.82, 2.24) is 24.8 Å². The number of rotatable bonds is 4. The highest BCUT2D eigenvalue weighted by molar-refractivity contribution is 5.78. The molecule has 0 radical (unpaired) electrons. The SMILES string of the molecule is Cc1nc(Nc2ncccn2)cc(C2CCN(C(=O)C(C)C)C2)n1. The van der Waals surface area contributed by atoms with Gasteiger partial charge in [-0.05, 0) is 19.4 Å². The van der Waals surface area contributed by atoms with Crippen LogP contribution in [0.15, 0.2) is 24.5 Å². The number of nitrogens with zero attached hydrogens (tertiary/aromatic N) is 5. The van der Waals surface area contributed by atoms with Crippen LogP contribution < -0.4 is 5.32 Å². The van der Waals surface area contributed by atoms with E-state index in [0.29, 0.717) is 17.6 Å². The zero-order valence-electron chi connectivity index (χ0n) is 14.2. The predicted octanol–water partition coefficient (Wildman–Crippen LogP) is 2.29. The first-order valence-corrected chi connectivity index (χ1v) is 8.21. The molecular formula is C17H22N6O. The van der Waals surface area contributed by atoms with Crippen molar-refractivity contribution in [1.29, 1.82) is 0 Å². The minimum Gasteiger partial charge on any atom is -0.342 e. The van der Waals surface area contributed by atoms with Crippen molar-refractivity contribution in [2.45, 2.75) is 33.1 Å². The summed E-state index contributed by atoms with van der Waals surface area (Å²) in [4.78, 5) is 31.4. The number of nitrogens with one attached hydrogen (secondary N) is 1. The Balaban J connectivity index is 1.76. The van der Waals surface area contributed by atoms with Crippen LogP contribution in [0.4, 0.5) is 11.8 Å². The molecule has 0 spiro atoms. The molecule has 24 heavy (non-hydrogen) atoms. The van der Waals surface area contributed by atoms with E-state index in [-0.39, 0.29) is 17.7 Å². The summed E-state index contributed by atoms with van der Waals surface area (Å²) in [6.45, 7) is 7.25. The topological polar surface area (TPSA) is 83.9 Å². The second-order valence-corrected chi connectivity index (χ2v) is 6.35. The van der Waals surface area contributed by atoms with Gasteiger partial charge in [-0.3, -0.25) is 4.79 Å². The van der Waals surface area contributed by atoms with Gasteiger partial charge < -0.3 is 10.2 Å². The summed E-state index contributed by atoms with van der Waals surface area (Å²) < 4.78 is 0. The van der Waals surface area contributed by atoms with Crippen LogP contribution in [0.1, 0.15) is 37.7 Å². The van der Waals surface area contributed by atoms with Crippen molar-refractivity contribution in [2.75, 3.05) is 18.4 Å². The second-order valence-electron chi connectivity index (χ2n) is 6.35. The largest absolute Gasteiger partial charge is 0.342 e. The number of aryl methyl sites for hydroxylation is 1. The molecule has 1 saturated heterocycles. The van der Waals surface area contributed by atoms with Crippen LogP contribution in [0, 0.1) is 12.8 Å². The highest BCUT2D eigenvalue weighted by Crippen LogP contribution is 2.28. The number of hydrogen-bond donors (Lipinski definition) is 1. The smallest absolute Gasteiger partial charge is 0.228 e. The van der Waals surface area contributed by atoms with Gasteiger partial charge in [0, 0.05) is 43.4 Å². The quantitative estimate of drug-likeness (QED) is 0.928. The van der Waals surface area contributed by atoms with Crippen molar-refractivity contribution >= 4 is 17.7 Å². The van der Waals surface area contributed by atoms with Crippen molar-refractivity contribution in [3.63, 3.8) is 0 Å². The summed E-state index contributed by atoms with van der Waals surface area (Å²) in [5.74, 6) is 2.36. The molecule has 7 heteroatoms. The average molecular weight is 326 g/mol. The zero-order chi connectivity index (χ0) is 17.1. The van der Waals surface area contributed by atoms with Gasteiger partial charge in [0.05, 0.1) is 5.69 Å². The number of likely N-dealkylation sites (tertiary alicyclic amines) is 1. The van der Waals surface area contributed by atoms with Gasteiger partial charge in [0.15, 0.2) is 0 Å². The fourth-order valence-corrected chi connectivity index (χ4v) is 2.91. The molecule has 2 aromatic rings.